The Labute approximate surface area is 107 Å². The smallest absolute Gasteiger partial charge is 0.0892 e. The normalized spacial score (nSPS) is 24.8. The average Bonchev–Trinajstić information content (AvgIpc) is 2.37. The summed E-state index contributed by atoms with van der Waals surface area (Å²) >= 11 is 5.90. The number of nitrogens with zero attached hydrogens (tertiary/aromatic N) is 1. The molecule has 1 aromatic rings. The summed E-state index contributed by atoms with van der Waals surface area (Å²) in [6, 6.07) is 3.62. The number of halogens is 1. The minimum absolute atomic E-state index is 0.287. The van der Waals surface area contributed by atoms with Crippen LogP contribution < -0.4 is 0 Å². The van der Waals surface area contributed by atoms with Gasteiger partial charge in [-0.1, -0.05) is 11.6 Å². The molecule has 1 heterocycles. The molecule has 0 saturated heterocycles. The molecule has 0 aromatic carbocycles. The number of hydrogen-bond donors (Lipinski definition) is 0. The van der Waals surface area contributed by atoms with Crippen molar-refractivity contribution in [3.63, 3.8) is 0 Å². The zero-order valence-electron chi connectivity index (χ0n) is 10.1. The maximum absolute atomic E-state index is 5.90. The average molecular weight is 256 g/mol. The van der Waals surface area contributed by atoms with Gasteiger partial charge < -0.3 is 9.47 Å². The van der Waals surface area contributed by atoms with Crippen LogP contribution in [-0.2, 0) is 16.1 Å². The maximum atomic E-state index is 5.90. The van der Waals surface area contributed by atoms with Crippen molar-refractivity contribution in [1.82, 2.24) is 4.98 Å². The van der Waals surface area contributed by atoms with Gasteiger partial charge >= 0.3 is 0 Å². The zero-order valence-corrected chi connectivity index (χ0v) is 10.8. The van der Waals surface area contributed by atoms with E-state index >= 15 is 0 Å². The maximum Gasteiger partial charge on any atom is 0.0892 e. The first-order valence-electron chi connectivity index (χ1n) is 6.03. The fourth-order valence-corrected chi connectivity index (χ4v) is 2.38. The van der Waals surface area contributed by atoms with Crippen molar-refractivity contribution >= 4 is 11.6 Å². The predicted octanol–water partition coefficient (Wildman–Crippen LogP) is 3.21. The molecule has 4 heteroatoms. The highest BCUT2D eigenvalue weighted by molar-refractivity contribution is 6.30. The van der Waals surface area contributed by atoms with Crippen LogP contribution >= 0.6 is 11.6 Å². The van der Waals surface area contributed by atoms with Crippen molar-refractivity contribution in [1.29, 1.82) is 0 Å². The lowest BCUT2D eigenvalue weighted by Crippen LogP contribution is -2.27. The van der Waals surface area contributed by atoms with E-state index in [1.165, 1.54) is 6.42 Å². The Balaban J connectivity index is 1.81. The third-order valence-corrected chi connectivity index (χ3v) is 3.39. The van der Waals surface area contributed by atoms with Gasteiger partial charge in [0.15, 0.2) is 0 Å². The topological polar surface area (TPSA) is 31.4 Å². The predicted molar refractivity (Wildman–Crippen MR) is 67.1 cm³/mol. The Bertz CT molecular complexity index is 359. The Morgan fingerprint density at radius 1 is 1.41 bits per heavy atom. The van der Waals surface area contributed by atoms with E-state index < -0.39 is 0 Å². The molecule has 1 aromatic heterocycles. The lowest BCUT2D eigenvalue weighted by molar-refractivity contribution is -0.0371. The van der Waals surface area contributed by atoms with Crippen molar-refractivity contribution in [3.05, 3.63) is 29.0 Å². The van der Waals surface area contributed by atoms with Gasteiger partial charge in [-0.25, -0.2) is 0 Å². The molecule has 2 unspecified atom stereocenters. The Morgan fingerprint density at radius 2 is 2.24 bits per heavy atom. The van der Waals surface area contributed by atoms with Crippen LogP contribution in [0.3, 0.4) is 0 Å². The fourth-order valence-electron chi connectivity index (χ4n) is 2.20. The van der Waals surface area contributed by atoms with Crippen molar-refractivity contribution in [2.45, 2.75) is 44.5 Å². The molecule has 2 atom stereocenters. The van der Waals surface area contributed by atoms with E-state index in [2.05, 4.69) is 4.98 Å². The lowest BCUT2D eigenvalue weighted by Gasteiger charge is -2.28. The second-order valence-corrected chi connectivity index (χ2v) is 4.86. The summed E-state index contributed by atoms with van der Waals surface area (Å²) in [7, 11) is 1.77. The van der Waals surface area contributed by atoms with Crippen molar-refractivity contribution in [2.24, 2.45) is 0 Å². The molecule has 0 radical (unpaired) electrons. The quantitative estimate of drug-likeness (QED) is 0.828. The minimum atomic E-state index is 0.287. The van der Waals surface area contributed by atoms with Gasteiger partial charge in [0.25, 0.3) is 0 Å². The summed E-state index contributed by atoms with van der Waals surface area (Å²) in [5.41, 5.74) is 0.886. The fraction of sp³-hybridized carbons (Fsp3) is 0.615. The Kier molecular flexibility index (Phi) is 4.77. The summed E-state index contributed by atoms with van der Waals surface area (Å²) < 4.78 is 11.2. The van der Waals surface area contributed by atoms with Crippen LogP contribution in [0.5, 0.6) is 0 Å². The van der Waals surface area contributed by atoms with Crippen molar-refractivity contribution in [3.8, 4) is 0 Å². The summed E-state index contributed by atoms with van der Waals surface area (Å²) in [6.07, 6.45) is 6.76. The molecule has 1 fully saturated rings. The second-order valence-electron chi connectivity index (χ2n) is 4.42. The largest absolute Gasteiger partial charge is 0.381 e. The molecule has 1 saturated carbocycles. The van der Waals surface area contributed by atoms with Gasteiger partial charge in [-0.2, -0.15) is 0 Å². The van der Waals surface area contributed by atoms with Gasteiger partial charge in [-0.15, -0.1) is 0 Å². The van der Waals surface area contributed by atoms with Gasteiger partial charge in [0.1, 0.15) is 0 Å². The number of hydrogen-bond acceptors (Lipinski definition) is 3. The highest BCUT2D eigenvalue weighted by Gasteiger charge is 2.22. The summed E-state index contributed by atoms with van der Waals surface area (Å²) in [6.45, 7) is 0.529. The lowest BCUT2D eigenvalue weighted by atomic mass is 9.95. The van der Waals surface area contributed by atoms with Crippen molar-refractivity contribution < 1.29 is 9.47 Å². The van der Waals surface area contributed by atoms with Gasteiger partial charge in [0.2, 0.25) is 0 Å². The molecule has 1 aliphatic carbocycles. The molecule has 0 aliphatic heterocycles. The number of methoxy groups -OCH3 is 1. The van der Waals surface area contributed by atoms with E-state index in [1.807, 2.05) is 6.07 Å². The number of pyridine rings is 1. The first kappa shape index (κ1) is 12.8. The third-order valence-electron chi connectivity index (χ3n) is 3.16. The van der Waals surface area contributed by atoms with Crippen LogP contribution in [0.1, 0.15) is 31.4 Å². The number of ether oxygens (including phenoxy) is 2. The molecule has 2 rings (SSSR count). The first-order valence-corrected chi connectivity index (χ1v) is 6.40. The molecule has 1 aliphatic rings. The molecule has 0 spiro atoms. The molecule has 0 N–H and O–H groups in total. The van der Waals surface area contributed by atoms with Crippen LogP contribution in [0.2, 0.25) is 5.02 Å². The molecule has 3 nitrogen and oxygen atoms in total. The Morgan fingerprint density at radius 3 is 3.00 bits per heavy atom. The molecule has 0 amide bonds. The van der Waals surface area contributed by atoms with E-state index in [4.69, 9.17) is 21.1 Å². The van der Waals surface area contributed by atoms with E-state index in [-0.39, 0.29) is 6.10 Å². The van der Waals surface area contributed by atoms with Crippen LogP contribution in [-0.4, -0.2) is 24.3 Å². The number of rotatable bonds is 4. The van der Waals surface area contributed by atoms with Crippen molar-refractivity contribution in [2.75, 3.05) is 7.11 Å². The third kappa shape index (κ3) is 3.95. The molecular formula is C13H18ClNO2. The van der Waals surface area contributed by atoms with Crippen LogP contribution in [0.15, 0.2) is 18.3 Å². The molecular weight excluding hydrogens is 238 g/mol. The van der Waals surface area contributed by atoms with E-state index in [9.17, 15) is 0 Å². The summed E-state index contributed by atoms with van der Waals surface area (Å²) in [5.74, 6) is 0. The minimum Gasteiger partial charge on any atom is -0.381 e. The summed E-state index contributed by atoms with van der Waals surface area (Å²) in [5, 5.41) is 0.706. The van der Waals surface area contributed by atoms with E-state index in [0.717, 1.165) is 25.0 Å². The zero-order chi connectivity index (χ0) is 12.1. The van der Waals surface area contributed by atoms with Gasteiger partial charge in [-0.3, -0.25) is 4.98 Å². The second kappa shape index (κ2) is 6.34. The van der Waals surface area contributed by atoms with Gasteiger partial charge in [-0.05, 0) is 37.8 Å². The van der Waals surface area contributed by atoms with Crippen LogP contribution in [0.4, 0.5) is 0 Å². The van der Waals surface area contributed by atoms with Gasteiger partial charge in [0, 0.05) is 18.3 Å². The van der Waals surface area contributed by atoms with Gasteiger partial charge in [0.05, 0.1) is 24.5 Å². The SMILES string of the molecule is COC1CCCC(OCc2cc(Cl)ccn2)C1. The number of aromatic nitrogens is 1. The van der Waals surface area contributed by atoms with Crippen LogP contribution in [0, 0.1) is 0 Å². The first-order chi connectivity index (χ1) is 8.28. The Hall–Kier alpha value is -0.640. The molecule has 17 heavy (non-hydrogen) atoms. The summed E-state index contributed by atoms with van der Waals surface area (Å²) in [4.78, 5) is 4.22. The van der Waals surface area contributed by atoms with E-state index in [0.29, 0.717) is 17.7 Å². The molecule has 0 bridgehead atoms. The van der Waals surface area contributed by atoms with E-state index in [1.54, 1.807) is 19.4 Å². The van der Waals surface area contributed by atoms with Crippen LogP contribution in [0.25, 0.3) is 0 Å². The standard InChI is InChI=1S/C13H18ClNO2/c1-16-12-3-2-4-13(8-12)17-9-11-7-10(14)5-6-15-11/h5-7,12-13H,2-4,8-9H2,1H3. The highest BCUT2D eigenvalue weighted by atomic mass is 35.5. The molecule has 94 valence electrons. The monoisotopic (exact) mass is 255 g/mol. The highest BCUT2D eigenvalue weighted by Crippen LogP contribution is 2.23.